The van der Waals surface area contributed by atoms with E-state index in [0.717, 1.165) is 6.07 Å². The van der Waals surface area contributed by atoms with Gasteiger partial charge in [0.2, 0.25) is 5.82 Å². The van der Waals surface area contributed by atoms with E-state index in [-0.39, 0.29) is 5.56 Å². The maximum absolute atomic E-state index is 13.1. The zero-order chi connectivity index (χ0) is 11.8. The summed E-state index contributed by atoms with van der Waals surface area (Å²) < 4.78 is 49.6. The number of hydrogen-bond donors (Lipinski definition) is 0. The van der Waals surface area contributed by atoms with E-state index >= 15 is 0 Å². The highest BCUT2D eigenvalue weighted by Crippen LogP contribution is 2.35. The summed E-state index contributed by atoms with van der Waals surface area (Å²) in [5.41, 5.74) is -2.91. The topological polar surface area (TPSA) is 43.1 Å². The fourth-order valence-corrected chi connectivity index (χ4v) is 1.10. The van der Waals surface area contributed by atoms with Gasteiger partial charge in [0.15, 0.2) is 0 Å². The molecule has 1 aromatic rings. The zero-order valence-electron chi connectivity index (χ0n) is 7.43. The van der Waals surface area contributed by atoms with Crippen LogP contribution < -0.4 is 0 Å². The lowest BCUT2D eigenvalue weighted by molar-refractivity contribution is -0.388. The van der Waals surface area contributed by atoms with Crippen LogP contribution in [0.25, 0.3) is 0 Å². The lowest BCUT2D eigenvalue weighted by atomic mass is 10.1. The first-order valence-electron chi connectivity index (χ1n) is 3.76. The van der Waals surface area contributed by atoms with Crippen LogP contribution in [0.5, 0.6) is 0 Å². The quantitative estimate of drug-likeness (QED) is 0.417. The minimum absolute atomic E-state index is 0.148. The summed E-state index contributed by atoms with van der Waals surface area (Å²) in [6.45, 7) is 1.17. The number of rotatable bonds is 1. The van der Waals surface area contributed by atoms with E-state index in [1.165, 1.54) is 6.92 Å². The largest absolute Gasteiger partial charge is 0.419 e. The second-order valence-corrected chi connectivity index (χ2v) is 2.85. The molecule has 0 unspecified atom stereocenters. The molecule has 0 saturated heterocycles. The number of nitrogens with zero attached hydrogens (tertiary/aromatic N) is 1. The number of hydrogen-bond acceptors (Lipinski definition) is 2. The third kappa shape index (κ3) is 2.05. The summed E-state index contributed by atoms with van der Waals surface area (Å²) in [4.78, 5) is 9.15. The highest BCUT2D eigenvalue weighted by molar-refractivity contribution is 5.45. The van der Waals surface area contributed by atoms with Crippen LogP contribution in [0.15, 0.2) is 12.1 Å². The Kier molecular flexibility index (Phi) is 2.65. The molecule has 7 heteroatoms. The van der Waals surface area contributed by atoms with E-state index in [2.05, 4.69) is 0 Å². The maximum atomic E-state index is 13.1. The molecule has 1 rings (SSSR count). The molecule has 0 aliphatic heterocycles. The van der Waals surface area contributed by atoms with Crippen molar-refractivity contribution < 1.29 is 22.5 Å². The summed E-state index contributed by atoms with van der Waals surface area (Å²) >= 11 is 0. The second kappa shape index (κ2) is 3.48. The molecule has 0 N–H and O–H groups in total. The smallest absolute Gasteiger partial charge is 0.258 e. The number of nitro groups is 1. The fraction of sp³-hybridized carbons (Fsp3) is 0.250. The van der Waals surface area contributed by atoms with Crippen molar-refractivity contribution >= 4 is 5.69 Å². The molecule has 0 bridgehead atoms. The van der Waals surface area contributed by atoms with Gasteiger partial charge in [0.1, 0.15) is 0 Å². The molecule has 0 aromatic heterocycles. The first-order chi connectivity index (χ1) is 6.75. The fourth-order valence-electron chi connectivity index (χ4n) is 1.10. The molecule has 15 heavy (non-hydrogen) atoms. The lowest BCUT2D eigenvalue weighted by Gasteiger charge is -2.08. The minimum atomic E-state index is -4.93. The van der Waals surface area contributed by atoms with Crippen LogP contribution in [-0.4, -0.2) is 4.92 Å². The van der Waals surface area contributed by atoms with Crippen LogP contribution >= 0.6 is 0 Å². The Bertz CT molecular complexity index is 414. The van der Waals surface area contributed by atoms with Gasteiger partial charge in [-0.2, -0.15) is 17.6 Å². The Hall–Kier alpha value is -1.66. The van der Waals surface area contributed by atoms with Gasteiger partial charge in [-0.15, -0.1) is 0 Å². The standard InChI is InChI=1S/C8H5F4NO2/c1-4-2-3-5(8(10,11)12)6(9)7(4)13(14)15/h2-3H,1H3. The van der Waals surface area contributed by atoms with Crippen molar-refractivity contribution in [2.24, 2.45) is 0 Å². The van der Waals surface area contributed by atoms with Gasteiger partial charge >= 0.3 is 11.9 Å². The van der Waals surface area contributed by atoms with Crippen LogP contribution in [0, 0.1) is 22.9 Å². The molecule has 0 amide bonds. The first kappa shape index (κ1) is 11.4. The number of nitro benzene ring substituents is 1. The van der Waals surface area contributed by atoms with Crippen LogP contribution in [0.2, 0.25) is 0 Å². The molecule has 0 aliphatic rings. The average molecular weight is 223 g/mol. The van der Waals surface area contributed by atoms with Crippen molar-refractivity contribution in [2.45, 2.75) is 13.1 Å². The zero-order valence-corrected chi connectivity index (χ0v) is 7.43. The van der Waals surface area contributed by atoms with Crippen molar-refractivity contribution in [3.8, 4) is 0 Å². The van der Waals surface area contributed by atoms with E-state index < -0.39 is 28.2 Å². The van der Waals surface area contributed by atoms with Gasteiger partial charge in [0, 0.05) is 5.56 Å². The molecule has 0 heterocycles. The number of alkyl halides is 3. The summed E-state index contributed by atoms with van der Waals surface area (Å²) in [6, 6.07) is 1.35. The van der Waals surface area contributed by atoms with E-state index in [4.69, 9.17) is 0 Å². The number of aryl methyl sites for hydroxylation is 1. The van der Waals surface area contributed by atoms with Crippen LogP contribution in [0.4, 0.5) is 23.2 Å². The van der Waals surface area contributed by atoms with Crippen molar-refractivity contribution in [1.29, 1.82) is 0 Å². The molecule has 0 saturated carbocycles. The van der Waals surface area contributed by atoms with Crippen LogP contribution in [-0.2, 0) is 6.18 Å². The maximum Gasteiger partial charge on any atom is 0.419 e. The molecule has 0 spiro atoms. The predicted octanol–water partition coefficient (Wildman–Crippen LogP) is 3.06. The number of benzene rings is 1. The van der Waals surface area contributed by atoms with Gasteiger partial charge in [0.25, 0.3) is 0 Å². The van der Waals surface area contributed by atoms with Crippen molar-refractivity contribution in [2.75, 3.05) is 0 Å². The van der Waals surface area contributed by atoms with Gasteiger partial charge in [-0.25, -0.2) is 0 Å². The summed E-state index contributed by atoms with van der Waals surface area (Å²) in [6.07, 6.45) is -4.93. The van der Waals surface area contributed by atoms with Crippen molar-refractivity contribution in [1.82, 2.24) is 0 Å². The first-order valence-corrected chi connectivity index (χ1v) is 3.76. The highest BCUT2D eigenvalue weighted by atomic mass is 19.4. The molecule has 82 valence electrons. The Morgan fingerprint density at radius 2 is 1.87 bits per heavy atom. The summed E-state index contributed by atoms with van der Waals surface area (Å²) in [5.74, 6) is -1.84. The molecule has 0 atom stereocenters. The Labute approximate surface area is 81.5 Å². The molecule has 0 radical (unpaired) electrons. The average Bonchev–Trinajstić information content (AvgIpc) is 2.00. The third-order valence-corrected chi connectivity index (χ3v) is 1.81. The Morgan fingerprint density at radius 1 is 1.33 bits per heavy atom. The van der Waals surface area contributed by atoms with Crippen LogP contribution in [0.1, 0.15) is 11.1 Å². The van der Waals surface area contributed by atoms with Gasteiger partial charge in [-0.05, 0) is 13.0 Å². The minimum Gasteiger partial charge on any atom is -0.258 e. The Morgan fingerprint density at radius 3 is 2.27 bits per heavy atom. The number of halogens is 4. The molecule has 0 aliphatic carbocycles. The monoisotopic (exact) mass is 223 g/mol. The second-order valence-electron chi connectivity index (χ2n) is 2.85. The summed E-state index contributed by atoms with van der Waals surface area (Å²) in [5, 5.41) is 10.3. The van der Waals surface area contributed by atoms with Crippen LogP contribution in [0.3, 0.4) is 0 Å². The predicted molar refractivity (Wildman–Crippen MR) is 42.8 cm³/mol. The van der Waals surface area contributed by atoms with Crippen molar-refractivity contribution in [3.05, 3.63) is 39.2 Å². The molecule has 1 aromatic carbocycles. The SMILES string of the molecule is Cc1ccc(C(F)(F)F)c(F)c1[N+](=O)[O-]. The van der Waals surface area contributed by atoms with Gasteiger partial charge in [0.05, 0.1) is 10.5 Å². The highest BCUT2D eigenvalue weighted by Gasteiger charge is 2.38. The normalized spacial score (nSPS) is 11.5. The van der Waals surface area contributed by atoms with Gasteiger partial charge in [-0.1, -0.05) is 6.07 Å². The molecule has 0 fully saturated rings. The van der Waals surface area contributed by atoms with Gasteiger partial charge in [-0.3, -0.25) is 10.1 Å². The van der Waals surface area contributed by atoms with E-state index in [1.54, 1.807) is 0 Å². The molecular formula is C8H5F4NO2. The lowest BCUT2D eigenvalue weighted by Crippen LogP contribution is -2.10. The Balaban J connectivity index is 3.49. The van der Waals surface area contributed by atoms with Gasteiger partial charge < -0.3 is 0 Å². The summed E-state index contributed by atoms with van der Waals surface area (Å²) in [7, 11) is 0. The molecule has 3 nitrogen and oxygen atoms in total. The van der Waals surface area contributed by atoms with E-state index in [9.17, 15) is 27.7 Å². The third-order valence-electron chi connectivity index (χ3n) is 1.81. The van der Waals surface area contributed by atoms with E-state index in [1.807, 2.05) is 0 Å². The van der Waals surface area contributed by atoms with Crippen molar-refractivity contribution in [3.63, 3.8) is 0 Å². The van der Waals surface area contributed by atoms with E-state index in [0.29, 0.717) is 6.07 Å². The molecular weight excluding hydrogens is 218 g/mol.